The van der Waals surface area contributed by atoms with Crippen molar-refractivity contribution in [2.75, 3.05) is 33.5 Å². The molecule has 0 N–H and O–H groups in total. The van der Waals surface area contributed by atoms with E-state index in [-0.39, 0.29) is 17.2 Å². The first-order chi connectivity index (χ1) is 14.6. The summed E-state index contributed by atoms with van der Waals surface area (Å²) in [5, 5.41) is 11.3. The first-order valence-corrected chi connectivity index (χ1v) is 9.03. The van der Waals surface area contributed by atoms with Crippen LogP contribution >= 0.6 is 0 Å². The second-order valence-corrected chi connectivity index (χ2v) is 6.25. The minimum atomic E-state index is -0.861. The van der Waals surface area contributed by atoms with Gasteiger partial charge in [0.05, 0.1) is 28.5 Å². The summed E-state index contributed by atoms with van der Waals surface area (Å²) in [6, 6.07) is 6.39. The number of hydrogen-bond donors (Lipinski definition) is 0. The maximum Gasteiger partial charge on any atom is 0.272 e. The Morgan fingerprint density at radius 1 is 1.10 bits per heavy atom. The Bertz CT molecular complexity index is 1110. The number of nitro groups is 1. The summed E-state index contributed by atoms with van der Waals surface area (Å²) in [5.74, 6) is 0.445. The number of benzene rings is 2. The standard InChI is InChI=1S/C20H17FN2O7/c1-26-6-7-27-17-11-14-18(20-19(17)28-8-9-29-20)16(4-5-22-14)30-15-3-2-12(23(24)25)10-13(15)21/h2-5,10-11H,6-9H2,1H3. The highest BCUT2D eigenvalue weighted by atomic mass is 19.1. The van der Waals surface area contributed by atoms with E-state index in [1.807, 2.05) is 0 Å². The van der Waals surface area contributed by atoms with E-state index in [2.05, 4.69) is 4.98 Å². The highest BCUT2D eigenvalue weighted by Crippen LogP contribution is 2.48. The van der Waals surface area contributed by atoms with Gasteiger partial charge in [0.15, 0.2) is 23.1 Å². The second-order valence-electron chi connectivity index (χ2n) is 6.25. The van der Waals surface area contributed by atoms with Gasteiger partial charge in [0.1, 0.15) is 25.6 Å². The lowest BCUT2D eigenvalue weighted by Gasteiger charge is -2.23. The maximum absolute atomic E-state index is 14.3. The van der Waals surface area contributed by atoms with Crippen molar-refractivity contribution in [3.8, 4) is 28.7 Å². The Hall–Kier alpha value is -3.66. The molecular formula is C20H17FN2O7. The third-order valence-corrected chi connectivity index (χ3v) is 4.33. The lowest BCUT2D eigenvalue weighted by atomic mass is 10.1. The fourth-order valence-corrected chi connectivity index (χ4v) is 3.01. The third kappa shape index (κ3) is 3.77. The van der Waals surface area contributed by atoms with Crippen molar-refractivity contribution in [1.82, 2.24) is 4.98 Å². The van der Waals surface area contributed by atoms with Crippen LogP contribution in [0.15, 0.2) is 36.5 Å². The zero-order valence-electron chi connectivity index (χ0n) is 15.9. The first-order valence-electron chi connectivity index (χ1n) is 9.03. The highest BCUT2D eigenvalue weighted by Gasteiger charge is 2.25. The summed E-state index contributed by atoms with van der Waals surface area (Å²) in [6.07, 6.45) is 1.50. The lowest BCUT2D eigenvalue weighted by Crippen LogP contribution is -2.17. The Kier molecular flexibility index (Phi) is 5.48. The molecule has 2 heterocycles. The summed E-state index contributed by atoms with van der Waals surface area (Å²) < 4.78 is 42.3. The molecule has 0 bridgehead atoms. The molecule has 0 amide bonds. The largest absolute Gasteiger partial charge is 0.487 e. The van der Waals surface area contributed by atoms with Gasteiger partial charge in [-0.05, 0) is 12.1 Å². The molecule has 30 heavy (non-hydrogen) atoms. The number of halogens is 1. The van der Waals surface area contributed by atoms with Gasteiger partial charge in [-0.2, -0.15) is 0 Å². The van der Waals surface area contributed by atoms with Crippen LogP contribution in [0.2, 0.25) is 0 Å². The molecule has 0 unspecified atom stereocenters. The summed E-state index contributed by atoms with van der Waals surface area (Å²) in [7, 11) is 1.57. The summed E-state index contributed by atoms with van der Waals surface area (Å²) in [5.41, 5.74) is 0.123. The third-order valence-electron chi connectivity index (χ3n) is 4.33. The molecule has 0 fully saturated rings. The molecule has 0 spiro atoms. The van der Waals surface area contributed by atoms with Crippen molar-refractivity contribution in [3.05, 3.63) is 52.5 Å². The van der Waals surface area contributed by atoms with E-state index in [1.54, 1.807) is 19.2 Å². The van der Waals surface area contributed by atoms with Crippen LogP contribution in [-0.4, -0.2) is 43.4 Å². The van der Waals surface area contributed by atoms with Gasteiger partial charge >= 0.3 is 0 Å². The fraction of sp³-hybridized carbons (Fsp3) is 0.250. The van der Waals surface area contributed by atoms with Crippen LogP contribution in [0.1, 0.15) is 0 Å². The van der Waals surface area contributed by atoms with E-state index in [9.17, 15) is 14.5 Å². The van der Waals surface area contributed by atoms with Crippen molar-refractivity contribution in [1.29, 1.82) is 0 Å². The van der Waals surface area contributed by atoms with Gasteiger partial charge < -0.3 is 23.7 Å². The number of rotatable bonds is 7. The van der Waals surface area contributed by atoms with Crippen LogP contribution in [0.5, 0.6) is 28.7 Å². The van der Waals surface area contributed by atoms with Crippen molar-refractivity contribution in [2.45, 2.75) is 0 Å². The van der Waals surface area contributed by atoms with Crippen LogP contribution in [-0.2, 0) is 4.74 Å². The van der Waals surface area contributed by atoms with Gasteiger partial charge in [0, 0.05) is 25.4 Å². The number of fused-ring (bicyclic) bond motifs is 3. The summed E-state index contributed by atoms with van der Waals surface area (Å²) >= 11 is 0. The molecular weight excluding hydrogens is 399 g/mol. The molecule has 156 valence electrons. The Balaban J connectivity index is 1.77. The molecule has 3 aromatic rings. The van der Waals surface area contributed by atoms with Crippen molar-refractivity contribution < 1.29 is 33.0 Å². The van der Waals surface area contributed by atoms with E-state index >= 15 is 0 Å². The molecule has 10 heteroatoms. The summed E-state index contributed by atoms with van der Waals surface area (Å²) in [6.45, 7) is 1.35. The van der Waals surface area contributed by atoms with Crippen LogP contribution in [0, 0.1) is 15.9 Å². The van der Waals surface area contributed by atoms with Crippen molar-refractivity contribution >= 4 is 16.6 Å². The molecule has 0 atom stereocenters. The van der Waals surface area contributed by atoms with Crippen LogP contribution in [0.4, 0.5) is 10.1 Å². The van der Waals surface area contributed by atoms with E-state index < -0.39 is 10.7 Å². The van der Waals surface area contributed by atoms with Gasteiger partial charge in [-0.3, -0.25) is 15.1 Å². The number of nitrogens with zero attached hydrogens (tertiary/aromatic N) is 2. The van der Waals surface area contributed by atoms with Gasteiger partial charge in [-0.15, -0.1) is 0 Å². The molecule has 1 aliphatic rings. The number of nitro benzene ring substituents is 1. The molecule has 2 aromatic carbocycles. The molecule has 9 nitrogen and oxygen atoms in total. The Labute approximate surface area is 170 Å². The predicted octanol–water partition coefficient (Wildman–Crippen LogP) is 3.87. The van der Waals surface area contributed by atoms with E-state index in [0.29, 0.717) is 54.6 Å². The highest BCUT2D eigenvalue weighted by molar-refractivity contribution is 5.95. The minimum Gasteiger partial charge on any atom is -0.487 e. The number of methoxy groups -OCH3 is 1. The van der Waals surface area contributed by atoms with E-state index in [4.69, 9.17) is 23.7 Å². The van der Waals surface area contributed by atoms with Crippen LogP contribution in [0.3, 0.4) is 0 Å². The lowest BCUT2D eigenvalue weighted by molar-refractivity contribution is -0.385. The van der Waals surface area contributed by atoms with Crippen LogP contribution in [0.25, 0.3) is 10.9 Å². The zero-order valence-corrected chi connectivity index (χ0v) is 15.9. The molecule has 1 aromatic heterocycles. The molecule has 0 saturated carbocycles. The second kappa shape index (κ2) is 8.37. The predicted molar refractivity (Wildman–Crippen MR) is 103 cm³/mol. The average molecular weight is 416 g/mol. The quantitative estimate of drug-likeness (QED) is 0.325. The Morgan fingerprint density at radius 3 is 2.63 bits per heavy atom. The van der Waals surface area contributed by atoms with Gasteiger partial charge in [-0.25, -0.2) is 4.39 Å². The molecule has 0 aliphatic carbocycles. The van der Waals surface area contributed by atoms with Gasteiger partial charge in [0.25, 0.3) is 5.69 Å². The number of pyridine rings is 1. The smallest absolute Gasteiger partial charge is 0.272 e. The Morgan fingerprint density at radius 2 is 1.90 bits per heavy atom. The van der Waals surface area contributed by atoms with Gasteiger partial charge in [0.2, 0.25) is 5.75 Å². The molecule has 0 saturated heterocycles. The van der Waals surface area contributed by atoms with Crippen LogP contribution < -0.4 is 18.9 Å². The fourth-order valence-electron chi connectivity index (χ4n) is 3.01. The van der Waals surface area contributed by atoms with E-state index in [0.717, 1.165) is 6.07 Å². The minimum absolute atomic E-state index is 0.168. The van der Waals surface area contributed by atoms with E-state index in [1.165, 1.54) is 18.3 Å². The monoisotopic (exact) mass is 416 g/mol. The molecule has 0 radical (unpaired) electrons. The van der Waals surface area contributed by atoms with Crippen molar-refractivity contribution in [2.24, 2.45) is 0 Å². The number of hydrogen-bond acceptors (Lipinski definition) is 8. The number of non-ortho nitro benzene ring substituents is 1. The zero-order chi connectivity index (χ0) is 21.1. The first kappa shape index (κ1) is 19.6. The number of ether oxygens (including phenoxy) is 5. The van der Waals surface area contributed by atoms with Crippen molar-refractivity contribution in [3.63, 3.8) is 0 Å². The average Bonchev–Trinajstić information content (AvgIpc) is 2.75. The number of aromatic nitrogens is 1. The maximum atomic E-state index is 14.3. The SMILES string of the molecule is COCCOc1cc2nccc(Oc3ccc([N+](=O)[O-])cc3F)c2c2c1OCCO2. The molecule has 1 aliphatic heterocycles. The van der Waals surface area contributed by atoms with Gasteiger partial charge in [-0.1, -0.05) is 0 Å². The normalized spacial score (nSPS) is 12.6. The molecule has 4 rings (SSSR count). The topological polar surface area (TPSA) is 102 Å². The summed E-state index contributed by atoms with van der Waals surface area (Å²) in [4.78, 5) is 14.5.